The Kier molecular flexibility index (Phi) is 12.0. The molecule has 12 nitrogen and oxygen atoms in total. The minimum atomic E-state index is -0.216. The molecule has 47 heavy (non-hydrogen) atoms. The lowest BCUT2D eigenvalue weighted by Crippen LogP contribution is -2.47. The summed E-state index contributed by atoms with van der Waals surface area (Å²) in [4.78, 5) is 27.8. The number of methoxy groups -OCH3 is 2. The van der Waals surface area contributed by atoms with Crippen LogP contribution >= 0.6 is 0 Å². The van der Waals surface area contributed by atoms with Gasteiger partial charge in [-0.25, -0.2) is 4.98 Å². The Morgan fingerprint density at radius 3 is 2.32 bits per heavy atom. The molecule has 1 N–H and O–H groups in total. The van der Waals surface area contributed by atoms with E-state index >= 15 is 0 Å². The number of benzene rings is 2. The first-order valence-corrected chi connectivity index (χ1v) is 16.4. The Morgan fingerprint density at radius 1 is 0.915 bits per heavy atom. The van der Waals surface area contributed by atoms with Crippen molar-refractivity contribution in [1.82, 2.24) is 34.9 Å². The maximum absolute atomic E-state index is 11.0. The van der Waals surface area contributed by atoms with Crippen LogP contribution in [0.5, 0.6) is 11.5 Å². The molecule has 252 valence electrons. The Balaban J connectivity index is 1.24. The Morgan fingerprint density at radius 2 is 1.64 bits per heavy atom. The number of anilines is 2. The number of rotatable bonds is 16. The van der Waals surface area contributed by atoms with E-state index in [1.807, 2.05) is 41.3 Å². The van der Waals surface area contributed by atoms with E-state index < -0.39 is 0 Å². The van der Waals surface area contributed by atoms with Crippen LogP contribution in [0.4, 0.5) is 11.4 Å². The van der Waals surface area contributed by atoms with Crippen LogP contribution in [0.1, 0.15) is 27.2 Å². The number of carbonyl (C=O) groups excluding carboxylic acids is 1. The summed E-state index contributed by atoms with van der Waals surface area (Å²) >= 11 is 0. The number of hydrogen-bond acceptors (Lipinski definition) is 11. The molecule has 1 fully saturated rings. The number of carbonyl (C=O) groups is 1. The zero-order chi connectivity index (χ0) is 33.2. The highest BCUT2D eigenvalue weighted by Crippen LogP contribution is 2.34. The zero-order valence-electron chi connectivity index (χ0n) is 28.3. The van der Waals surface area contributed by atoms with Crippen molar-refractivity contribution in [1.29, 1.82) is 0 Å². The predicted molar refractivity (Wildman–Crippen MR) is 185 cm³/mol. The summed E-state index contributed by atoms with van der Waals surface area (Å²) in [6.07, 6.45) is 6.76. The summed E-state index contributed by atoms with van der Waals surface area (Å²) in [5.41, 5.74) is 5.36. The summed E-state index contributed by atoms with van der Waals surface area (Å²) in [7, 11) is 3.33. The second-order valence-corrected chi connectivity index (χ2v) is 12.1. The fraction of sp³-hybridized carbons (Fsp3) is 0.486. The molecule has 0 amide bonds. The maximum Gasteiger partial charge on any atom is 0.302 e. The fourth-order valence-electron chi connectivity index (χ4n) is 5.76. The van der Waals surface area contributed by atoms with E-state index in [0.717, 1.165) is 110 Å². The van der Waals surface area contributed by atoms with Crippen molar-refractivity contribution in [2.75, 3.05) is 78.1 Å². The lowest BCUT2D eigenvalue weighted by molar-refractivity contribution is -0.141. The lowest BCUT2D eigenvalue weighted by atomic mass is 10.2. The molecule has 2 aromatic heterocycles. The van der Waals surface area contributed by atoms with Gasteiger partial charge in [-0.1, -0.05) is 13.8 Å². The van der Waals surface area contributed by atoms with Gasteiger partial charge in [0.25, 0.3) is 0 Å². The quantitative estimate of drug-likeness (QED) is 0.177. The van der Waals surface area contributed by atoms with Gasteiger partial charge in [0.05, 0.1) is 43.3 Å². The highest BCUT2D eigenvalue weighted by Gasteiger charge is 2.17. The largest absolute Gasteiger partial charge is 0.497 e. The van der Waals surface area contributed by atoms with E-state index in [0.29, 0.717) is 12.6 Å². The van der Waals surface area contributed by atoms with E-state index in [1.54, 1.807) is 14.2 Å². The summed E-state index contributed by atoms with van der Waals surface area (Å²) < 4.78 is 18.2. The van der Waals surface area contributed by atoms with E-state index in [1.165, 1.54) is 6.92 Å². The topological polar surface area (TPSA) is 110 Å². The molecule has 5 rings (SSSR count). The molecule has 4 aromatic rings. The molecule has 0 atom stereocenters. The molecule has 0 bridgehead atoms. The van der Waals surface area contributed by atoms with E-state index in [4.69, 9.17) is 24.2 Å². The van der Waals surface area contributed by atoms with Gasteiger partial charge < -0.3 is 29.3 Å². The molecule has 3 heterocycles. The van der Waals surface area contributed by atoms with Gasteiger partial charge in [0.15, 0.2) is 0 Å². The summed E-state index contributed by atoms with van der Waals surface area (Å²) in [6.45, 7) is 14.5. The fourth-order valence-corrected chi connectivity index (χ4v) is 5.76. The molecule has 0 saturated carbocycles. The van der Waals surface area contributed by atoms with Gasteiger partial charge in [0.1, 0.15) is 18.1 Å². The van der Waals surface area contributed by atoms with Gasteiger partial charge in [0, 0.05) is 107 Å². The molecule has 2 aromatic carbocycles. The first kappa shape index (κ1) is 34.1. The van der Waals surface area contributed by atoms with E-state index in [9.17, 15) is 4.79 Å². The van der Waals surface area contributed by atoms with Crippen molar-refractivity contribution in [3.63, 3.8) is 0 Å². The highest BCUT2D eigenvalue weighted by atomic mass is 16.5. The van der Waals surface area contributed by atoms with Crippen molar-refractivity contribution in [3.05, 3.63) is 55.0 Å². The number of aromatic nitrogens is 4. The SMILES string of the molecule is COc1cc(OC)cc(N(CCNC(C)C)c2ccc3ncc(-c4cnn(CCCN5CCN(CCOC(C)=O)CC5)c4)nc3c2)c1. The standard InChI is InChI=1S/C35H48N8O4/c1-26(2)36-9-12-43(30-19-31(45-4)22-32(20-30)46-5)29-7-8-33-34(21-29)39-35(24-37-33)28-23-38-42(25-28)11-6-10-40-13-15-41(16-14-40)17-18-47-27(3)44/h7-8,19-26,36H,6,9-18H2,1-5H3. The average Bonchev–Trinajstić information content (AvgIpc) is 3.55. The van der Waals surface area contributed by atoms with Crippen LogP contribution in [0.3, 0.4) is 0 Å². The van der Waals surface area contributed by atoms with Gasteiger partial charge in [-0.3, -0.25) is 19.4 Å². The summed E-state index contributed by atoms with van der Waals surface area (Å²) in [5.74, 6) is 1.25. The van der Waals surface area contributed by atoms with Crippen molar-refractivity contribution >= 4 is 28.4 Å². The molecule has 1 saturated heterocycles. The monoisotopic (exact) mass is 644 g/mol. The number of nitrogens with zero attached hydrogens (tertiary/aromatic N) is 7. The number of nitrogens with one attached hydrogen (secondary N) is 1. The van der Waals surface area contributed by atoms with Crippen LogP contribution in [0, 0.1) is 0 Å². The third-order valence-corrected chi connectivity index (χ3v) is 8.34. The predicted octanol–water partition coefficient (Wildman–Crippen LogP) is 4.22. The first-order chi connectivity index (χ1) is 22.8. The van der Waals surface area contributed by atoms with Crippen LogP contribution in [-0.2, 0) is 16.1 Å². The lowest BCUT2D eigenvalue weighted by Gasteiger charge is -2.34. The Bertz CT molecular complexity index is 1580. The van der Waals surface area contributed by atoms with Crippen LogP contribution in [0.25, 0.3) is 22.3 Å². The van der Waals surface area contributed by atoms with E-state index in [-0.39, 0.29) is 5.97 Å². The van der Waals surface area contributed by atoms with E-state index in [2.05, 4.69) is 57.3 Å². The maximum atomic E-state index is 11.0. The highest BCUT2D eigenvalue weighted by molar-refractivity contribution is 5.82. The molecule has 0 aliphatic carbocycles. The number of aryl methyl sites for hydroxylation is 1. The minimum absolute atomic E-state index is 0.216. The zero-order valence-corrected chi connectivity index (χ0v) is 28.3. The second-order valence-electron chi connectivity index (χ2n) is 12.1. The molecule has 12 heteroatoms. The number of esters is 1. The van der Waals surface area contributed by atoms with Gasteiger partial charge in [0.2, 0.25) is 0 Å². The average molecular weight is 645 g/mol. The second kappa shape index (κ2) is 16.5. The molecule has 1 aliphatic rings. The minimum Gasteiger partial charge on any atom is -0.497 e. The van der Waals surface area contributed by atoms with Crippen LogP contribution in [-0.4, -0.2) is 115 Å². The van der Waals surface area contributed by atoms with Crippen molar-refractivity contribution < 1.29 is 19.0 Å². The van der Waals surface area contributed by atoms with Gasteiger partial charge in [-0.05, 0) is 31.2 Å². The van der Waals surface area contributed by atoms with Gasteiger partial charge >= 0.3 is 5.97 Å². The molecule has 0 spiro atoms. The smallest absolute Gasteiger partial charge is 0.302 e. The molecule has 0 radical (unpaired) electrons. The van der Waals surface area contributed by atoms with Crippen molar-refractivity contribution in [2.24, 2.45) is 0 Å². The van der Waals surface area contributed by atoms with Crippen LogP contribution in [0.15, 0.2) is 55.0 Å². The molecular weight excluding hydrogens is 596 g/mol. The third kappa shape index (κ3) is 9.63. The summed E-state index contributed by atoms with van der Waals surface area (Å²) in [5, 5.41) is 8.15. The molecule has 1 aliphatic heterocycles. The summed E-state index contributed by atoms with van der Waals surface area (Å²) in [6, 6.07) is 12.5. The first-order valence-electron chi connectivity index (χ1n) is 16.4. The van der Waals surface area contributed by atoms with Gasteiger partial charge in [-0.15, -0.1) is 0 Å². The Hall–Kier alpha value is -4.26. The normalized spacial score (nSPS) is 14.1. The van der Waals surface area contributed by atoms with Crippen molar-refractivity contribution in [2.45, 2.75) is 39.8 Å². The number of piperazine rings is 1. The number of fused-ring (bicyclic) bond motifs is 1. The number of ether oxygens (including phenoxy) is 3. The third-order valence-electron chi connectivity index (χ3n) is 8.34. The van der Waals surface area contributed by atoms with Crippen LogP contribution < -0.4 is 19.7 Å². The Labute approximate surface area is 277 Å². The molecular formula is C35H48N8O4. The van der Waals surface area contributed by atoms with Crippen molar-refractivity contribution in [3.8, 4) is 22.8 Å². The van der Waals surface area contributed by atoms with Gasteiger partial charge in [-0.2, -0.15) is 5.10 Å². The van der Waals surface area contributed by atoms with Crippen LogP contribution in [0.2, 0.25) is 0 Å². The number of hydrogen-bond donors (Lipinski definition) is 1. The molecule has 0 unspecified atom stereocenters.